The summed E-state index contributed by atoms with van der Waals surface area (Å²) in [4.78, 5) is 14.5. The first-order chi connectivity index (χ1) is 9.95. The first-order valence-electron chi connectivity index (χ1n) is 8.13. The van der Waals surface area contributed by atoms with Crippen molar-refractivity contribution in [2.45, 2.75) is 71.6 Å². The molecule has 3 unspecified atom stereocenters. The number of hydrogen-bond acceptors (Lipinski definition) is 2. The molecule has 0 aliphatic carbocycles. The monoisotopic (exact) mass is 288 g/mol. The molecule has 0 saturated carbocycles. The Morgan fingerprint density at radius 2 is 1.81 bits per heavy atom. The Morgan fingerprint density at radius 3 is 2.33 bits per heavy atom. The van der Waals surface area contributed by atoms with Crippen molar-refractivity contribution in [2.24, 2.45) is 0 Å². The van der Waals surface area contributed by atoms with Crippen LogP contribution in [0.25, 0.3) is 0 Å². The van der Waals surface area contributed by atoms with E-state index in [0.29, 0.717) is 5.92 Å². The number of rotatable bonds is 5. The van der Waals surface area contributed by atoms with Gasteiger partial charge in [-0.25, -0.2) is 0 Å². The van der Waals surface area contributed by atoms with Crippen molar-refractivity contribution < 1.29 is 4.79 Å². The van der Waals surface area contributed by atoms with Gasteiger partial charge in [0.15, 0.2) is 0 Å². The lowest BCUT2D eigenvalue weighted by Gasteiger charge is -2.30. The van der Waals surface area contributed by atoms with Gasteiger partial charge in [-0.1, -0.05) is 51.5 Å². The van der Waals surface area contributed by atoms with Gasteiger partial charge in [0.25, 0.3) is 0 Å². The van der Waals surface area contributed by atoms with Crippen molar-refractivity contribution in [3.05, 3.63) is 35.4 Å². The summed E-state index contributed by atoms with van der Waals surface area (Å²) >= 11 is 0. The van der Waals surface area contributed by atoms with E-state index in [0.717, 1.165) is 12.8 Å². The molecule has 0 spiro atoms. The van der Waals surface area contributed by atoms with Crippen LogP contribution in [0.4, 0.5) is 0 Å². The van der Waals surface area contributed by atoms with Gasteiger partial charge in [-0.2, -0.15) is 0 Å². The number of carbonyl (C=O) groups is 1. The van der Waals surface area contributed by atoms with Crippen LogP contribution in [0.2, 0.25) is 0 Å². The van der Waals surface area contributed by atoms with E-state index in [1.807, 2.05) is 11.8 Å². The van der Waals surface area contributed by atoms with Gasteiger partial charge in [0.2, 0.25) is 5.91 Å². The normalized spacial score (nSPS) is 23.9. The maximum absolute atomic E-state index is 12.4. The van der Waals surface area contributed by atoms with Crippen LogP contribution >= 0.6 is 0 Å². The van der Waals surface area contributed by atoms with E-state index < -0.39 is 0 Å². The van der Waals surface area contributed by atoms with E-state index in [9.17, 15) is 4.79 Å². The van der Waals surface area contributed by atoms with Crippen molar-refractivity contribution in [3.8, 4) is 0 Å². The maximum Gasteiger partial charge on any atom is 0.241 e. The molecule has 1 heterocycles. The highest BCUT2D eigenvalue weighted by molar-refractivity contribution is 5.84. The Bertz CT molecular complexity index is 480. The van der Waals surface area contributed by atoms with Crippen LogP contribution in [0.3, 0.4) is 0 Å². The second kappa shape index (κ2) is 6.61. The molecule has 1 saturated heterocycles. The molecule has 1 aromatic carbocycles. The highest BCUT2D eigenvalue weighted by Gasteiger charge is 2.39. The first-order valence-corrected chi connectivity index (χ1v) is 8.13. The number of hydrogen-bond donors (Lipinski definition) is 1. The smallest absolute Gasteiger partial charge is 0.241 e. The molecule has 1 aliphatic rings. The van der Waals surface area contributed by atoms with Crippen molar-refractivity contribution in [2.75, 3.05) is 0 Å². The minimum atomic E-state index is -0.0981. The predicted molar refractivity (Wildman–Crippen MR) is 87.1 cm³/mol. The highest BCUT2D eigenvalue weighted by atomic mass is 16.2. The number of carbonyl (C=O) groups excluding carboxylic acids is 1. The molecule has 0 radical (unpaired) electrons. The predicted octanol–water partition coefficient (Wildman–Crippen LogP) is 3.82. The Labute approximate surface area is 128 Å². The van der Waals surface area contributed by atoms with Crippen LogP contribution in [0, 0.1) is 0 Å². The lowest BCUT2D eigenvalue weighted by atomic mass is 10.0. The minimum Gasteiger partial charge on any atom is -0.319 e. The Morgan fingerprint density at radius 1 is 1.19 bits per heavy atom. The maximum atomic E-state index is 12.4. The lowest BCUT2D eigenvalue weighted by Crippen LogP contribution is -2.38. The van der Waals surface area contributed by atoms with Crippen molar-refractivity contribution >= 4 is 5.91 Å². The molecule has 0 bridgehead atoms. The molecule has 3 atom stereocenters. The van der Waals surface area contributed by atoms with E-state index >= 15 is 0 Å². The van der Waals surface area contributed by atoms with Crippen LogP contribution < -0.4 is 5.32 Å². The van der Waals surface area contributed by atoms with Crippen molar-refractivity contribution in [3.63, 3.8) is 0 Å². The molecule has 1 aliphatic heterocycles. The Balaban J connectivity index is 2.25. The third-order valence-electron chi connectivity index (χ3n) is 4.41. The number of benzene rings is 1. The summed E-state index contributed by atoms with van der Waals surface area (Å²) in [6, 6.07) is 8.85. The molecule has 21 heavy (non-hydrogen) atoms. The van der Waals surface area contributed by atoms with Crippen molar-refractivity contribution in [1.29, 1.82) is 0 Å². The molecule has 116 valence electrons. The zero-order valence-corrected chi connectivity index (χ0v) is 13.9. The van der Waals surface area contributed by atoms with E-state index in [1.165, 1.54) is 11.1 Å². The fourth-order valence-corrected chi connectivity index (χ4v) is 3.09. The number of amides is 1. The molecule has 3 heteroatoms. The van der Waals surface area contributed by atoms with E-state index in [-0.39, 0.29) is 24.2 Å². The third kappa shape index (κ3) is 3.29. The Hall–Kier alpha value is -1.35. The zero-order valence-electron chi connectivity index (χ0n) is 13.9. The number of nitrogens with zero attached hydrogens (tertiary/aromatic N) is 1. The van der Waals surface area contributed by atoms with Crippen LogP contribution in [0.5, 0.6) is 0 Å². The summed E-state index contributed by atoms with van der Waals surface area (Å²) < 4.78 is 0. The van der Waals surface area contributed by atoms with Gasteiger partial charge in [0.05, 0.1) is 6.04 Å². The molecule has 1 amide bonds. The molecular formula is C18H28N2O. The lowest BCUT2D eigenvalue weighted by molar-refractivity contribution is -0.131. The summed E-state index contributed by atoms with van der Waals surface area (Å²) in [6.07, 6.45) is 2.15. The van der Waals surface area contributed by atoms with Gasteiger partial charge < -0.3 is 4.90 Å². The van der Waals surface area contributed by atoms with E-state index in [4.69, 9.17) is 0 Å². The summed E-state index contributed by atoms with van der Waals surface area (Å²) in [5, 5.41) is 3.43. The topological polar surface area (TPSA) is 32.3 Å². The molecule has 2 rings (SSSR count). The summed E-state index contributed by atoms with van der Waals surface area (Å²) in [7, 11) is 0. The summed E-state index contributed by atoms with van der Waals surface area (Å²) in [5.41, 5.74) is 2.52. The average Bonchev–Trinajstić information content (AvgIpc) is 2.75. The fraction of sp³-hybridized carbons (Fsp3) is 0.611. The van der Waals surface area contributed by atoms with Gasteiger partial charge in [-0.05, 0) is 37.3 Å². The molecule has 3 nitrogen and oxygen atoms in total. The van der Waals surface area contributed by atoms with E-state index in [1.54, 1.807) is 0 Å². The quantitative estimate of drug-likeness (QED) is 0.893. The average molecular weight is 288 g/mol. The highest BCUT2D eigenvalue weighted by Crippen LogP contribution is 2.29. The Kier molecular flexibility index (Phi) is 5.04. The molecule has 1 fully saturated rings. The van der Waals surface area contributed by atoms with Gasteiger partial charge in [0, 0.05) is 6.04 Å². The van der Waals surface area contributed by atoms with Gasteiger partial charge in [-0.15, -0.1) is 0 Å². The van der Waals surface area contributed by atoms with Crippen LogP contribution in [-0.2, 0) is 4.79 Å². The number of nitrogens with one attached hydrogen (secondary N) is 1. The molecule has 1 aromatic rings. The zero-order chi connectivity index (χ0) is 15.6. The van der Waals surface area contributed by atoms with Crippen LogP contribution in [0.15, 0.2) is 24.3 Å². The van der Waals surface area contributed by atoms with E-state index in [2.05, 4.69) is 57.3 Å². The second-order valence-electron chi connectivity index (χ2n) is 6.50. The van der Waals surface area contributed by atoms with Crippen LogP contribution in [-0.4, -0.2) is 22.9 Å². The van der Waals surface area contributed by atoms with Crippen molar-refractivity contribution in [1.82, 2.24) is 10.2 Å². The van der Waals surface area contributed by atoms with Crippen LogP contribution in [0.1, 0.15) is 70.7 Å². The molecule has 0 aromatic heterocycles. The van der Waals surface area contributed by atoms with Gasteiger partial charge >= 0.3 is 0 Å². The molecule has 1 N–H and O–H groups in total. The minimum absolute atomic E-state index is 0.00950. The molecular weight excluding hydrogens is 260 g/mol. The SMILES string of the molecule is CCCC(C)N1C(=O)C(C)NC1c1ccc(C(C)C)cc1. The summed E-state index contributed by atoms with van der Waals surface area (Å²) in [6.45, 7) is 10.7. The fourth-order valence-electron chi connectivity index (χ4n) is 3.09. The largest absolute Gasteiger partial charge is 0.319 e. The summed E-state index contributed by atoms with van der Waals surface area (Å²) in [5.74, 6) is 0.750. The standard InChI is InChI=1S/C18H28N2O/c1-6-7-13(4)20-17(19-14(5)18(20)21)16-10-8-15(9-11-16)12(2)3/h8-14,17,19H,6-7H2,1-5H3. The van der Waals surface area contributed by atoms with Gasteiger partial charge in [-0.3, -0.25) is 10.1 Å². The second-order valence-corrected chi connectivity index (χ2v) is 6.50. The first kappa shape index (κ1) is 16.0. The van der Waals surface area contributed by atoms with Gasteiger partial charge in [0.1, 0.15) is 6.17 Å². The third-order valence-corrected chi connectivity index (χ3v) is 4.41.